The van der Waals surface area contributed by atoms with Crippen molar-refractivity contribution in [2.24, 2.45) is 0 Å². The number of hydrogen-bond donors (Lipinski definition) is 0. The van der Waals surface area contributed by atoms with E-state index in [0.717, 1.165) is 28.3 Å². The number of rotatable bonds is 0. The molecule has 0 spiro atoms. The van der Waals surface area contributed by atoms with Gasteiger partial charge in [-0.3, -0.25) is 9.97 Å². The second-order valence-electron chi connectivity index (χ2n) is 5.15. The second kappa shape index (κ2) is 3.32. The lowest BCUT2D eigenvalue weighted by Gasteiger charge is -2.17. The predicted octanol–water partition coefficient (Wildman–Crippen LogP) is 2.12. The summed E-state index contributed by atoms with van der Waals surface area (Å²) in [5.41, 5.74) is 4.67. The van der Waals surface area contributed by atoms with Gasteiger partial charge >= 0.3 is 0 Å². The molecule has 1 aliphatic carbocycles. The Morgan fingerprint density at radius 1 is 0.842 bits per heavy atom. The lowest BCUT2D eigenvalue weighted by atomic mass is 9.89. The highest BCUT2D eigenvalue weighted by Gasteiger charge is 2.40. The van der Waals surface area contributed by atoms with Crippen molar-refractivity contribution >= 4 is 11.2 Å². The Kier molecular flexibility index (Phi) is 1.83. The first kappa shape index (κ1) is 10.5. The Morgan fingerprint density at radius 2 is 1.68 bits per heavy atom. The molecule has 0 bridgehead atoms. The summed E-state index contributed by atoms with van der Waals surface area (Å²) in [7, 11) is 0. The SMILES string of the molecule is CC1(C)c2nccnc2-c2nc3ncccc3nc21. The van der Waals surface area contributed by atoms with E-state index in [-0.39, 0.29) is 5.41 Å². The van der Waals surface area contributed by atoms with Gasteiger partial charge in [0.2, 0.25) is 0 Å². The van der Waals surface area contributed by atoms with Gasteiger partial charge in [-0.15, -0.1) is 0 Å². The quantitative estimate of drug-likeness (QED) is 0.610. The molecule has 5 heteroatoms. The summed E-state index contributed by atoms with van der Waals surface area (Å²) >= 11 is 0. The van der Waals surface area contributed by atoms with Crippen LogP contribution in [-0.2, 0) is 5.41 Å². The van der Waals surface area contributed by atoms with Gasteiger partial charge in [-0.2, -0.15) is 0 Å². The predicted molar refractivity (Wildman–Crippen MR) is 70.5 cm³/mol. The summed E-state index contributed by atoms with van der Waals surface area (Å²) in [4.78, 5) is 22.5. The minimum atomic E-state index is -0.268. The van der Waals surface area contributed by atoms with Crippen molar-refractivity contribution in [2.45, 2.75) is 19.3 Å². The first-order valence-corrected chi connectivity index (χ1v) is 6.13. The van der Waals surface area contributed by atoms with Crippen LogP contribution >= 0.6 is 0 Å². The fourth-order valence-electron chi connectivity index (χ4n) is 2.58. The van der Waals surface area contributed by atoms with Gasteiger partial charge in [-0.05, 0) is 26.0 Å². The zero-order chi connectivity index (χ0) is 13.0. The Bertz CT molecular complexity index is 810. The Balaban J connectivity index is 2.15. The highest BCUT2D eigenvalue weighted by molar-refractivity contribution is 5.79. The highest BCUT2D eigenvalue weighted by atomic mass is 15.0. The van der Waals surface area contributed by atoms with Crippen molar-refractivity contribution in [3.8, 4) is 11.4 Å². The summed E-state index contributed by atoms with van der Waals surface area (Å²) in [6.07, 6.45) is 5.12. The molecule has 1 aliphatic rings. The van der Waals surface area contributed by atoms with Gasteiger partial charge < -0.3 is 0 Å². The third kappa shape index (κ3) is 1.27. The fourth-order valence-corrected chi connectivity index (χ4v) is 2.58. The Labute approximate surface area is 109 Å². The van der Waals surface area contributed by atoms with E-state index in [0.29, 0.717) is 5.65 Å². The molecule has 0 saturated heterocycles. The summed E-state index contributed by atoms with van der Waals surface area (Å²) in [5, 5.41) is 0. The van der Waals surface area contributed by atoms with E-state index in [1.807, 2.05) is 12.1 Å². The number of pyridine rings is 1. The average Bonchev–Trinajstić information content (AvgIpc) is 2.66. The molecule has 0 amide bonds. The van der Waals surface area contributed by atoms with E-state index in [2.05, 4.69) is 33.8 Å². The maximum absolute atomic E-state index is 4.72. The maximum Gasteiger partial charge on any atom is 0.178 e. The minimum Gasteiger partial charge on any atom is -0.256 e. The van der Waals surface area contributed by atoms with E-state index in [1.54, 1.807) is 18.6 Å². The van der Waals surface area contributed by atoms with Crippen LogP contribution in [-0.4, -0.2) is 24.9 Å². The number of hydrogen-bond acceptors (Lipinski definition) is 5. The summed E-state index contributed by atoms with van der Waals surface area (Å²) in [6, 6.07) is 3.80. The lowest BCUT2D eigenvalue weighted by molar-refractivity contribution is 0.615. The van der Waals surface area contributed by atoms with Crippen molar-refractivity contribution in [3.05, 3.63) is 42.1 Å². The monoisotopic (exact) mass is 249 g/mol. The highest BCUT2D eigenvalue weighted by Crippen LogP contribution is 2.44. The van der Waals surface area contributed by atoms with Gasteiger partial charge in [0.15, 0.2) is 5.65 Å². The smallest absolute Gasteiger partial charge is 0.178 e. The van der Waals surface area contributed by atoms with Crippen molar-refractivity contribution in [2.75, 3.05) is 0 Å². The fraction of sp³-hybridized carbons (Fsp3) is 0.214. The molecule has 0 N–H and O–H groups in total. The van der Waals surface area contributed by atoms with Crippen LogP contribution in [0, 0.1) is 0 Å². The molecule has 0 radical (unpaired) electrons. The summed E-state index contributed by atoms with van der Waals surface area (Å²) in [6.45, 7) is 4.20. The third-order valence-corrected chi connectivity index (χ3v) is 3.55. The maximum atomic E-state index is 4.72. The van der Waals surface area contributed by atoms with Crippen LogP contribution < -0.4 is 0 Å². The van der Waals surface area contributed by atoms with E-state index in [9.17, 15) is 0 Å². The van der Waals surface area contributed by atoms with Crippen molar-refractivity contribution in [1.29, 1.82) is 0 Å². The zero-order valence-electron chi connectivity index (χ0n) is 10.6. The van der Waals surface area contributed by atoms with E-state index < -0.39 is 0 Å². The lowest BCUT2D eigenvalue weighted by Crippen LogP contribution is -2.18. The number of aromatic nitrogens is 5. The zero-order valence-corrected chi connectivity index (χ0v) is 10.6. The molecule has 0 saturated carbocycles. The molecule has 92 valence electrons. The van der Waals surface area contributed by atoms with Crippen LogP contribution in [0.15, 0.2) is 30.7 Å². The molecule has 3 aromatic heterocycles. The molecular formula is C14H11N5. The van der Waals surface area contributed by atoms with Gasteiger partial charge in [0.1, 0.15) is 16.9 Å². The molecule has 3 heterocycles. The Hall–Kier alpha value is -2.43. The summed E-state index contributed by atoms with van der Waals surface area (Å²) in [5.74, 6) is 0. The minimum absolute atomic E-state index is 0.268. The van der Waals surface area contributed by atoms with Crippen LogP contribution in [0.4, 0.5) is 0 Å². The number of nitrogens with zero attached hydrogens (tertiary/aromatic N) is 5. The molecule has 0 fully saturated rings. The van der Waals surface area contributed by atoms with Gasteiger partial charge in [-0.1, -0.05) is 0 Å². The molecule has 0 unspecified atom stereocenters. The van der Waals surface area contributed by atoms with Crippen LogP contribution in [0.1, 0.15) is 25.2 Å². The molecular weight excluding hydrogens is 238 g/mol. The number of fused-ring (bicyclic) bond motifs is 4. The topological polar surface area (TPSA) is 64.5 Å². The molecule has 0 aromatic carbocycles. The average molecular weight is 249 g/mol. The molecule has 5 nitrogen and oxygen atoms in total. The van der Waals surface area contributed by atoms with Crippen LogP contribution in [0.3, 0.4) is 0 Å². The second-order valence-corrected chi connectivity index (χ2v) is 5.15. The third-order valence-electron chi connectivity index (χ3n) is 3.55. The molecule has 4 rings (SSSR count). The largest absolute Gasteiger partial charge is 0.256 e. The van der Waals surface area contributed by atoms with E-state index in [1.165, 1.54) is 0 Å². The van der Waals surface area contributed by atoms with Gasteiger partial charge in [0, 0.05) is 18.6 Å². The van der Waals surface area contributed by atoms with Gasteiger partial charge in [-0.25, -0.2) is 15.0 Å². The van der Waals surface area contributed by atoms with Crippen LogP contribution in [0.5, 0.6) is 0 Å². The van der Waals surface area contributed by atoms with Crippen molar-refractivity contribution in [3.63, 3.8) is 0 Å². The normalized spacial score (nSPS) is 15.3. The van der Waals surface area contributed by atoms with Crippen molar-refractivity contribution in [1.82, 2.24) is 24.9 Å². The van der Waals surface area contributed by atoms with E-state index in [4.69, 9.17) is 4.98 Å². The van der Waals surface area contributed by atoms with E-state index >= 15 is 0 Å². The van der Waals surface area contributed by atoms with Gasteiger partial charge in [0.05, 0.1) is 16.8 Å². The molecule has 3 aromatic rings. The first-order valence-electron chi connectivity index (χ1n) is 6.13. The molecule has 19 heavy (non-hydrogen) atoms. The standard InChI is InChI=1S/C14H11N5/c1-14(2)11-9(15-6-7-16-11)10-12(14)18-8-4-3-5-17-13(8)19-10/h3-7H,1-2H3. The van der Waals surface area contributed by atoms with Crippen LogP contribution in [0.2, 0.25) is 0 Å². The van der Waals surface area contributed by atoms with Crippen molar-refractivity contribution < 1.29 is 0 Å². The molecule has 0 aliphatic heterocycles. The molecule has 0 atom stereocenters. The summed E-state index contributed by atoms with van der Waals surface area (Å²) < 4.78 is 0. The first-order chi connectivity index (χ1) is 9.18. The van der Waals surface area contributed by atoms with Gasteiger partial charge in [0.25, 0.3) is 0 Å². The van der Waals surface area contributed by atoms with Crippen LogP contribution in [0.25, 0.3) is 22.6 Å². The Morgan fingerprint density at radius 3 is 2.58 bits per heavy atom.